The fourth-order valence-corrected chi connectivity index (χ4v) is 1.08. The summed E-state index contributed by atoms with van der Waals surface area (Å²) in [5.74, 6) is -0.820. The van der Waals surface area contributed by atoms with Crippen molar-refractivity contribution in [1.29, 1.82) is 0 Å². The van der Waals surface area contributed by atoms with Crippen LogP contribution < -0.4 is 51.4 Å². The van der Waals surface area contributed by atoms with Gasteiger partial charge in [0.25, 0.3) is 0 Å². The van der Waals surface area contributed by atoms with Crippen LogP contribution in [0.3, 0.4) is 0 Å². The summed E-state index contributed by atoms with van der Waals surface area (Å²) in [6.07, 6.45) is 0.695. The smallest absolute Gasteiger partial charge is 0.507 e. The monoisotopic (exact) mass is 276 g/mol. The third-order valence-electron chi connectivity index (χ3n) is 1.59. The summed E-state index contributed by atoms with van der Waals surface area (Å²) in [6.45, 7) is -5.06. The molecule has 1 rings (SSSR count). The van der Waals surface area contributed by atoms with Crippen LogP contribution in [0.15, 0.2) is 18.1 Å². The van der Waals surface area contributed by atoms with Crippen LogP contribution in [0, 0.1) is 0 Å². The van der Waals surface area contributed by atoms with Crippen molar-refractivity contribution in [2.45, 2.75) is 0 Å². The molecule has 82 valence electrons. The SMILES string of the molecule is Oc1cc(O)c(/C=C/[B-](F)(F)F)cc1Cl.[K+]. The largest absolute Gasteiger partial charge is 1.00 e. The Labute approximate surface area is 138 Å². The summed E-state index contributed by atoms with van der Waals surface area (Å²) in [5.41, 5.74) is -0.1000. The molecule has 0 radical (unpaired) electrons. The molecular formula is C8H6BClF3KO2. The molecule has 0 atom stereocenters. The average molecular weight is 276 g/mol. The van der Waals surface area contributed by atoms with Gasteiger partial charge in [-0.1, -0.05) is 17.7 Å². The quantitative estimate of drug-likeness (QED) is 0.755. The van der Waals surface area contributed by atoms with Gasteiger partial charge in [-0.15, -0.1) is 5.98 Å². The number of benzene rings is 1. The van der Waals surface area contributed by atoms with Gasteiger partial charge in [0.2, 0.25) is 0 Å². The number of hydrogen-bond donors (Lipinski definition) is 2. The first-order chi connectivity index (χ1) is 6.79. The van der Waals surface area contributed by atoms with E-state index in [1.165, 1.54) is 0 Å². The maximum Gasteiger partial charge on any atom is 1.00 e. The molecule has 16 heavy (non-hydrogen) atoms. The molecule has 2 N–H and O–H groups in total. The Bertz CT molecular complexity index is 409. The zero-order valence-corrected chi connectivity index (χ0v) is 12.2. The van der Waals surface area contributed by atoms with Gasteiger partial charge in [-0.2, -0.15) is 0 Å². The minimum Gasteiger partial charge on any atom is -0.507 e. The van der Waals surface area contributed by atoms with Crippen molar-refractivity contribution in [3.63, 3.8) is 0 Å². The molecule has 8 heteroatoms. The van der Waals surface area contributed by atoms with E-state index in [4.69, 9.17) is 16.7 Å². The van der Waals surface area contributed by atoms with Crippen LogP contribution in [0.4, 0.5) is 12.9 Å². The van der Waals surface area contributed by atoms with Crippen LogP contribution in [0.5, 0.6) is 11.5 Å². The second-order valence-electron chi connectivity index (χ2n) is 2.85. The van der Waals surface area contributed by atoms with Crippen LogP contribution in [0.25, 0.3) is 6.08 Å². The zero-order valence-electron chi connectivity index (χ0n) is 8.29. The third-order valence-corrected chi connectivity index (χ3v) is 1.89. The molecule has 0 bridgehead atoms. The topological polar surface area (TPSA) is 40.5 Å². The van der Waals surface area contributed by atoms with Crippen molar-refractivity contribution in [3.8, 4) is 11.5 Å². The van der Waals surface area contributed by atoms with Crippen LogP contribution >= 0.6 is 11.6 Å². The molecule has 0 aliphatic heterocycles. The number of rotatable bonds is 2. The Hall–Kier alpha value is 0.341. The fraction of sp³-hybridized carbons (Fsp3) is 0. The molecule has 0 heterocycles. The first-order valence-corrected chi connectivity index (χ1v) is 4.28. The maximum atomic E-state index is 11.9. The fourth-order valence-electron chi connectivity index (χ4n) is 0.912. The van der Waals surface area contributed by atoms with E-state index in [9.17, 15) is 18.1 Å². The minimum absolute atomic E-state index is 0. The first kappa shape index (κ1) is 16.3. The molecule has 0 aliphatic rings. The molecule has 1 aromatic carbocycles. The Kier molecular flexibility index (Phi) is 6.46. The zero-order chi connectivity index (χ0) is 11.6. The number of phenols is 2. The van der Waals surface area contributed by atoms with Crippen molar-refractivity contribution < 1.29 is 74.5 Å². The molecule has 0 unspecified atom stereocenters. The summed E-state index contributed by atoms with van der Waals surface area (Å²) in [7, 11) is 0. The van der Waals surface area contributed by atoms with Gasteiger partial charge < -0.3 is 23.2 Å². The van der Waals surface area contributed by atoms with Crippen molar-refractivity contribution >= 4 is 24.7 Å². The molecule has 0 fully saturated rings. The van der Waals surface area contributed by atoms with Crippen molar-refractivity contribution in [2.75, 3.05) is 0 Å². The van der Waals surface area contributed by atoms with E-state index < -0.39 is 12.7 Å². The molecule has 0 aliphatic carbocycles. The van der Waals surface area contributed by atoms with Gasteiger partial charge in [0.1, 0.15) is 11.5 Å². The number of phenolic OH excluding ortho intramolecular Hbond substituents is 2. The average Bonchev–Trinajstić information content (AvgIpc) is 2.07. The van der Waals surface area contributed by atoms with Gasteiger partial charge in [-0.05, 0) is 6.07 Å². The van der Waals surface area contributed by atoms with E-state index >= 15 is 0 Å². The Morgan fingerprint density at radius 2 is 1.69 bits per heavy atom. The molecule has 0 saturated heterocycles. The Morgan fingerprint density at radius 1 is 1.12 bits per heavy atom. The summed E-state index contributed by atoms with van der Waals surface area (Å²) >= 11 is 5.46. The summed E-state index contributed by atoms with van der Waals surface area (Å²) < 4.78 is 35.6. The molecule has 0 spiro atoms. The van der Waals surface area contributed by atoms with E-state index in [1.807, 2.05) is 0 Å². The van der Waals surface area contributed by atoms with E-state index in [0.29, 0.717) is 6.08 Å². The standard InChI is InChI=1S/C8H6BClF3O2.K/c10-6-3-5(1-2-9(11,12)13)7(14)4-8(6)15;/h1-4,14-15H;/q-1;+1/b2-1+;. The van der Waals surface area contributed by atoms with Crippen molar-refractivity contribution in [3.05, 3.63) is 28.7 Å². The number of aromatic hydroxyl groups is 2. The van der Waals surface area contributed by atoms with Crippen molar-refractivity contribution in [2.24, 2.45) is 0 Å². The third kappa shape index (κ3) is 5.11. The van der Waals surface area contributed by atoms with Crippen LogP contribution in [0.2, 0.25) is 5.02 Å². The van der Waals surface area contributed by atoms with Gasteiger partial charge in [-0.3, -0.25) is 0 Å². The normalized spacial score (nSPS) is 11.5. The van der Waals surface area contributed by atoms with Gasteiger partial charge in [-0.25, -0.2) is 0 Å². The van der Waals surface area contributed by atoms with E-state index in [1.54, 1.807) is 0 Å². The molecule has 0 saturated carbocycles. The summed E-state index contributed by atoms with van der Waals surface area (Å²) in [6, 6.07) is 1.93. The minimum atomic E-state index is -5.06. The Balaban J connectivity index is 0.00000225. The predicted octanol–water partition coefficient (Wildman–Crippen LogP) is 0.155. The van der Waals surface area contributed by atoms with E-state index in [-0.39, 0.29) is 73.7 Å². The molecule has 0 aromatic heterocycles. The van der Waals surface area contributed by atoms with Crippen LogP contribution in [-0.4, -0.2) is 17.2 Å². The molecule has 0 amide bonds. The van der Waals surface area contributed by atoms with Gasteiger partial charge in [0.05, 0.1) is 5.02 Å². The second kappa shape index (κ2) is 6.32. The number of hydrogen-bond acceptors (Lipinski definition) is 2. The molecule has 2 nitrogen and oxygen atoms in total. The Morgan fingerprint density at radius 3 is 2.19 bits per heavy atom. The first-order valence-electron chi connectivity index (χ1n) is 3.90. The van der Waals surface area contributed by atoms with Gasteiger partial charge in [0.15, 0.2) is 0 Å². The van der Waals surface area contributed by atoms with E-state index in [2.05, 4.69) is 0 Å². The number of halogens is 4. The van der Waals surface area contributed by atoms with Gasteiger partial charge in [0, 0.05) is 11.6 Å². The van der Waals surface area contributed by atoms with Gasteiger partial charge >= 0.3 is 58.4 Å². The molecular weight excluding hydrogens is 270 g/mol. The predicted molar refractivity (Wildman–Crippen MR) is 52.9 cm³/mol. The summed E-state index contributed by atoms with van der Waals surface area (Å²) in [5, 5.41) is 18.1. The van der Waals surface area contributed by atoms with Crippen molar-refractivity contribution in [1.82, 2.24) is 0 Å². The van der Waals surface area contributed by atoms with E-state index in [0.717, 1.165) is 12.1 Å². The molecule has 1 aromatic rings. The van der Waals surface area contributed by atoms with Crippen LogP contribution in [0.1, 0.15) is 5.56 Å². The maximum absolute atomic E-state index is 11.9. The summed E-state index contributed by atoms with van der Waals surface area (Å²) in [4.78, 5) is 0. The van der Waals surface area contributed by atoms with Crippen LogP contribution in [-0.2, 0) is 0 Å². The second-order valence-corrected chi connectivity index (χ2v) is 3.25.